The Morgan fingerprint density at radius 1 is 1.00 bits per heavy atom. The minimum atomic E-state index is -1.31. The van der Waals surface area contributed by atoms with Gasteiger partial charge in [-0.1, -0.05) is 40.5 Å². The molecule has 1 aromatic heterocycles. The highest BCUT2D eigenvalue weighted by molar-refractivity contribution is 6.30. The van der Waals surface area contributed by atoms with Gasteiger partial charge in [-0.25, -0.2) is 9.59 Å². The summed E-state index contributed by atoms with van der Waals surface area (Å²) < 4.78 is 4.69. The minimum absolute atomic E-state index is 0.174. The Hall–Kier alpha value is -3.10. The molecule has 0 unspecified atom stereocenters. The number of aromatic nitrogens is 2. The zero-order valence-electron chi connectivity index (χ0n) is 14.9. The molecule has 3 rings (SSSR count). The van der Waals surface area contributed by atoms with E-state index in [1.807, 2.05) is 12.1 Å². The van der Waals surface area contributed by atoms with Gasteiger partial charge in [0.15, 0.2) is 5.82 Å². The monoisotopic (exact) mass is 434 g/mol. The van der Waals surface area contributed by atoms with E-state index in [9.17, 15) is 9.59 Å². The molecule has 3 N–H and O–H groups in total. The maximum absolute atomic E-state index is 12.4. The maximum atomic E-state index is 12.4. The van der Waals surface area contributed by atoms with Crippen LogP contribution in [0.5, 0.6) is 0 Å². The summed E-state index contributed by atoms with van der Waals surface area (Å²) in [6, 6.07) is 13.0. The highest BCUT2D eigenvalue weighted by Gasteiger charge is 2.20. The largest absolute Gasteiger partial charge is 0.474 e. The molecule has 150 valence electrons. The summed E-state index contributed by atoms with van der Waals surface area (Å²) in [5, 5.41) is 19.3. The van der Waals surface area contributed by atoms with Crippen molar-refractivity contribution in [2.45, 2.75) is 18.9 Å². The Morgan fingerprint density at radius 3 is 2.21 bits per heavy atom. The molecule has 1 heterocycles. The van der Waals surface area contributed by atoms with E-state index in [4.69, 9.17) is 28.3 Å². The van der Waals surface area contributed by atoms with Crippen LogP contribution in [0.3, 0.4) is 0 Å². The number of carbonyl (C=O) groups excluding carboxylic acids is 1. The van der Waals surface area contributed by atoms with E-state index in [0.717, 1.165) is 5.56 Å². The normalized spacial score (nSPS) is 11.7. The molecule has 2 amide bonds. The van der Waals surface area contributed by atoms with Gasteiger partial charge in [0, 0.05) is 28.2 Å². The van der Waals surface area contributed by atoms with E-state index in [1.165, 1.54) is 0 Å². The van der Waals surface area contributed by atoms with E-state index in [1.54, 1.807) is 36.4 Å². The van der Waals surface area contributed by atoms with Gasteiger partial charge in [-0.05, 0) is 48.4 Å². The van der Waals surface area contributed by atoms with Crippen molar-refractivity contribution in [2.75, 3.05) is 5.32 Å². The highest BCUT2D eigenvalue weighted by Crippen LogP contribution is 2.15. The van der Waals surface area contributed by atoms with Crippen LogP contribution < -0.4 is 10.6 Å². The molecular formula is C19H16Cl2N4O4. The van der Waals surface area contributed by atoms with Crippen molar-refractivity contribution >= 4 is 40.9 Å². The molecule has 10 heteroatoms. The Bertz CT molecular complexity index is 990. The molecule has 1 atom stereocenters. The molecule has 2 aromatic carbocycles. The molecule has 0 saturated carbocycles. The number of carboxylic acids is 1. The van der Waals surface area contributed by atoms with E-state index in [0.29, 0.717) is 22.2 Å². The molecule has 0 fully saturated rings. The summed E-state index contributed by atoms with van der Waals surface area (Å²) in [4.78, 5) is 27.2. The van der Waals surface area contributed by atoms with Crippen LogP contribution in [0.1, 0.15) is 22.1 Å². The quantitative estimate of drug-likeness (QED) is 0.516. The average molecular weight is 435 g/mol. The Labute approximate surface area is 175 Å². The number of carbonyl (C=O) groups is 2. The second kappa shape index (κ2) is 9.40. The highest BCUT2D eigenvalue weighted by atomic mass is 35.5. The molecular weight excluding hydrogens is 419 g/mol. The molecule has 0 aliphatic heterocycles. The zero-order chi connectivity index (χ0) is 20.8. The number of urea groups is 1. The van der Waals surface area contributed by atoms with Crippen molar-refractivity contribution in [2.24, 2.45) is 0 Å². The van der Waals surface area contributed by atoms with E-state index < -0.39 is 23.9 Å². The number of hydrogen-bond donors (Lipinski definition) is 3. The van der Waals surface area contributed by atoms with E-state index in [-0.39, 0.29) is 12.2 Å². The number of aromatic carboxylic acids is 1. The molecule has 3 aromatic rings. The Balaban J connectivity index is 1.71. The third kappa shape index (κ3) is 6.20. The van der Waals surface area contributed by atoms with Gasteiger partial charge < -0.3 is 20.3 Å². The summed E-state index contributed by atoms with van der Waals surface area (Å²) in [7, 11) is 0. The van der Waals surface area contributed by atoms with Gasteiger partial charge in [0.05, 0.1) is 0 Å². The van der Waals surface area contributed by atoms with Crippen molar-refractivity contribution in [3.63, 3.8) is 0 Å². The first-order valence-electron chi connectivity index (χ1n) is 8.52. The average Bonchev–Trinajstić information content (AvgIpc) is 3.14. The summed E-state index contributed by atoms with van der Waals surface area (Å²) in [6.45, 7) is 0. The van der Waals surface area contributed by atoms with Gasteiger partial charge in [-0.2, -0.15) is 4.98 Å². The molecule has 0 saturated heterocycles. The number of carboxylic acid groups (broad SMARTS) is 1. The summed E-state index contributed by atoms with van der Waals surface area (Å²) >= 11 is 11.8. The number of halogens is 2. The second-order valence-electron chi connectivity index (χ2n) is 6.16. The number of benzene rings is 2. The van der Waals surface area contributed by atoms with Crippen LogP contribution in [0, 0.1) is 0 Å². The number of nitrogens with zero attached hydrogens (tertiary/aromatic N) is 2. The number of hydrogen-bond acceptors (Lipinski definition) is 5. The lowest BCUT2D eigenvalue weighted by atomic mass is 10.0. The fourth-order valence-electron chi connectivity index (χ4n) is 2.61. The minimum Gasteiger partial charge on any atom is -0.474 e. The number of nitrogens with one attached hydrogen (secondary N) is 2. The standard InChI is InChI=1S/C19H16Cl2N4O4/c20-12-3-1-11(2-4-12)9-15(10-16-24-17(18(26)27)29-25-16)23-19(28)22-14-7-5-13(21)6-8-14/h1-8,15H,9-10H2,(H,26,27)(H2,22,23,28)/t15-/m0/s1. The Morgan fingerprint density at radius 2 is 1.62 bits per heavy atom. The van der Waals surface area contributed by atoms with E-state index in [2.05, 4.69) is 25.3 Å². The van der Waals surface area contributed by atoms with Crippen molar-refractivity contribution in [1.29, 1.82) is 0 Å². The molecule has 0 radical (unpaired) electrons. The fourth-order valence-corrected chi connectivity index (χ4v) is 2.86. The van der Waals surface area contributed by atoms with Crippen LogP contribution >= 0.6 is 23.2 Å². The first-order chi connectivity index (χ1) is 13.9. The molecule has 8 nitrogen and oxygen atoms in total. The predicted molar refractivity (Wildman–Crippen MR) is 108 cm³/mol. The van der Waals surface area contributed by atoms with Crippen LogP contribution in [-0.4, -0.2) is 33.3 Å². The lowest BCUT2D eigenvalue weighted by molar-refractivity contribution is 0.0643. The second-order valence-corrected chi connectivity index (χ2v) is 7.03. The van der Waals surface area contributed by atoms with E-state index >= 15 is 0 Å². The molecule has 0 spiro atoms. The number of rotatable bonds is 7. The lowest BCUT2D eigenvalue weighted by Crippen LogP contribution is -2.41. The predicted octanol–water partition coefficient (Wildman–Crippen LogP) is 4.05. The van der Waals surface area contributed by atoms with Gasteiger partial charge in [-0.3, -0.25) is 0 Å². The van der Waals surface area contributed by atoms with Crippen molar-refractivity contribution in [3.8, 4) is 0 Å². The maximum Gasteiger partial charge on any atom is 0.394 e. The summed E-state index contributed by atoms with van der Waals surface area (Å²) in [5.74, 6) is -1.64. The summed E-state index contributed by atoms with van der Waals surface area (Å²) in [5.41, 5.74) is 1.50. The van der Waals surface area contributed by atoms with Crippen molar-refractivity contribution in [1.82, 2.24) is 15.5 Å². The topological polar surface area (TPSA) is 117 Å². The smallest absolute Gasteiger partial charge is 0.394 e. The van der Waals surface area contributed by atoms with Gasteiger partial charge in [-0.15, -0.1) is 0 Å². The molecule has 0 aliphatic carbocycles. The molecule has 0 aliphatic rings. The third-order valence-corrected chi connectivity index (χ3v) is 4.42. The van der Waals surface area contributed by atoms with Crippen molar-refractivity contribution < 1.29 is 19.2 Å². The lowest BCUT2D eigenvalue weighted by Gasteiger charge is -2.18. The third-order valence-electron chi connectivity index (χ3n) is 3.91. The van der Waals surface area contributed by atoms with Crippen molar-refractivity contribution in [3.05, 3.63) is 75.9 Å². The van der Waals surface area contributed by atoms with Gasteiger partial charge in [0.1, 0.15) is 0 Å². The van der Waals surface area contributed by atoms with Crippen LogP contribution in [0.15, 0.2) is 53.1 Å². The van der Waals surface area contributed by atoms with Gasteiger partial charge in [0.25, 0.3) is 0 Å². The van der Waals surface area contributed by atoms with Crippen LogP contribution in [0.2, 0.25) is 10.0 Å². The van der Waals surface area contributed by atoms with Crippen LogP contribution in [0.4, 0.5) is 10.5 Å². The Kier molecular flexibility index (Phi) is 6.69. The van der Waals surface area contributed by atoms with Crippen LogP contribution in [-0.2, 0) is 12.8 Å². The summed E-state index contributed by atoms with van der Waals surface area (Å²) in [6.07, 6.45) is 0.621. The molecule has 0 bridgehead atoms. The fraction of sp³-hybridized carbons (Fsp3) is 0.158. The van der Waals surface area contributed by atoms with Gasteiger partial charge in [0.2, 0.25) is 0 Å². The molecule has 29 heavy (non-hydrogen) atoms. The number of anilines is 1. The SMILES string of the molecule is O=C(Nc1ccc(Cl)cc1)N[C@@H](Cc1ccc(Cl)cc1)Cc1noc(C(=O)O)n1. The van der Waals surface area contributed by atoms with Gasteiger partial charge >= 0.3 is 17.9 Å². The zero-order valence-corrected chi connectivity index (χ0v) is 16.4. The van der Waals surface area contributed by atoms with Crippen LogP contribution in [0.25, 0.3) is 0 Å². The first-order valence-corrected chi connectivity index (χ1v) is 9.28. The number of amides is 2. The first kappa shape index (κ1) is 20.6.